The molecule has 0 saturated carbocycles. The summed E-state index contributed by atoms with van der Waals surface area (Å²) in [5.41, 5.74) is 1.86. The molecule has 2 aromatic carbocycles. The summed E-state index contributed by atoms with van der Waals surface area (Å²) in [5.74, 6) is -0.212. The molecule has 164 valence electrons. The second-order valence-electron chi connectivity index (χ2n) is 7.40. The van der Waals surface area contributed by atoms with E-state index >= 15 is 0 Å². The molecule has 0 radical (unpaired) electrons. The van der Waals surface area contributed by atoms with E-state index in [1.165, 1.54) is 11.0 Å². The minimum Gasteiger partial charge on any atom is -0.307 e. The van der Waals surface area contributed by atoms with E-state index in [1.54, 1.807) is 47.4 Å². The molecule has 4 rings (SSSR count). The van der Waals surface area contributed by atoms with Crippen LogP contribution in [-0.2, 0) is 27.7 Å². The Morgan fingerprint density at radius 3 is 2.62 bits per heavy atom. The molecule has 32 heavy (non-hydrogen) atoms. The van der Waals surface area contributed by atoms with Gasteiger partial charge in [0.1, 0.15) is 5.15 Å². The topological polar surface area (TPSA) is 85.2 Å². The van der Waals surface area contributed by atoms with Crippen molar-refractivity contribution in [3.05, 3.63) is 83.8 Å². The van der Waals surface area contributed by atoms with Crippen LogP contribution < -0.4 is 4.90 Å². The van der Waals surface area contributed by atoms with Crippen molar-refractivity contribution >= 4 is 43.9 Å². The summed E-state index contributed by atoms with van der Waals surface area (Å²) in [5, 5.41) is 5.43. The van der Waals surface area contributed by atoms with Gasteiger partial charge in [0.25, 0.3) is 0 Å². The van der Waals surface area contributed by atoms with Crippen molar-refractivity contribution in [3.63, 3.8) is 0 Å². The number of sulfone groups is 1. The van der Waals surface area contributed by atoms with Gasteiger partial charge in [0.2, 0.25) is 5.91 Å². The second kappa shape index (κ2) is 9.10. The zero-order chi connectivity index (χ0) is 22.7. The molecule has 0 unspecified atom stereocenters. The van der Waals surface area contributed by atoms with E-state index in [0.29, 0.717) is 22.9 Å². The molecule has 7 nitrogen and oxygen atoms in total. The van der Waals surface area contributed by atoms with Crippen LogP contribution >= 0.6 is 11.6 Å². The molecule has 0 bridgehead atoms. The maximum absolute atomic E-state index is 13.3. The lowest BCUT2D eigenvalue weighted by molar-refractivity contribution is -0.119. The van der Waals surface area contributed by atoms with Crippen molar-refractivity contribution in [3.8, 4) is 0 Å². The summed E-state index contributed by atoms with van der Waals surface area (Å²) < 4.78 is 26.5. The summed E-state index contributed by atoms with van der Waals surface area (Å²) in [4.78, 5) is 19.2. The molecule has 0 fully saturated rings. The Balaban J connectivity index is 1.71. The minimum absolute atomic E-state index is 0.106. The molecule has 0 saturated heterocycles. The van der Waals surface area contributed by atoms with Crippen molar-refractivity contribution in [1.82, 2.24) is 14.8 Å². The fourth-order valence-electron chi connectivity index (χ4n) is 3.50. The minimum atomic E-state index is -3.54. The molecule has 2 heterocycles. The van der Waals surface area contributed by atoms with Crippen LogP contribution in [0.15, 0.2) is 78.0 Å². The Morgan fingerprint density at radius 2 is 1.88 bits per heavy atom. The van der Waals surface area contributed by atoms with Crippen molar-refractivity contribution in [2.24, 2.45) is 0 Å². The van der Waals surface area contributed by atoms with Crippen molar-refractivity contribution in [2.45, 2.75) is 24.4 Å². The zero-order valence-electron chi connectivity index (χ0n) is 17.3. The highest BCUT2D eigenvalue weighted by atomic mass is 35.5. The number of amides is 1. The van der Waals surface area contributed by atoms with Crippen LogP contribution in [0.5, 0.6) is 0 Å². The van der Waals surface area contributed by atoms with Crippen LogP contribution in [0.1, 0.15) is 12.0 Å². The van der Waals surface area contributed by atoms with Crippen LogP contribution in [0.2, 0.25) is 5.15 Å². The standard InChI is InChI=1S/C23H21ClN4O3S/c1-32(30,31)21-6-3-2-5-20(21)28(23(29)11-14-27-13-4-12-25-27)16-17-7-8-18-9-10-22(24)26-19(18)15-17/h2-10,12-13,15H,11,14,16H2,1H3. The lowest BCUT2D eigenvalue weighted by Crippen LogP contribution is -2.32. The van der Waals surface area contributed by atoms with Crippen LogP contribution in [0.3, 0.4) is 0 Å². The lowest BCUT2D eigenvalue weighted by atomic mass is 10.1. The number of rotatable bonds is 7. The first-order chi connectivity index (χ1) is 15.3. The maximum atomic E-state index is 13.3. The Hall–Kier alpha value is -3.23. The fraction of sp³-hybridized carbons (Fsp3) is 0.174. The highest BCUT2D eigenvalue weighted by Crippen LogP contribution is 2.28. The van der Waals surface area contributed by atoms with Gasteiger partial charge in [-0.1, -0.05) is 35.9 Å². The van der Waals surface area contributed by atoms with E-state index in [4.69, 9.17) is 11.6 Å². The molecule has 0 aliphatic carbocycles. The van der Waals surface area contributed by atoms with E-state index in [9.17, 15) is 13.2 Å². The first-order valence-corrected chi connectivity index (χ1v) is 12.2. The fourth-order valence-corrected chi connectivity index (χ4v) is 4.54. The van der Waals surface area contributed by atoms with Gasteiger partial charge in [0.05, 0.1) is 22.6 Å². The first kappa shape index (κ1) is 22.0. The highest BCUT2D eigenvalue weighted by Gasteiger charge is 2.23. The molecular weight excluding hydrogens is 448 g/mol. The summed E-state index contributed by atoms with van der Waals surface area (Å²) in [6.07, 6.45) is 4.73. The number of halogens is 1. The van der Waals surface area contributed by atoms with Crippen LogP contribution in [0.4, 0.5) is 5.69 Å². The number of pyridine rings is 1. The van der Waals surface area contributed by atoms with Gasteiger partial charge in [-0.25, -0.2) is 13.4 Å². The third-order valence-electron chi connectivity index (χ3n) is 5.03. The number of para-hydroxylation sites is 1. The van der Waals surface area contributed by atoms with Crippen molar-refractivity contribution < 1.29 is 13.2 Å². The van der Waals surface area contributed by atoms with Crippen LogP contribution in [0.25, 0.3) is 10.9 Å². The number of fused-ring (bicyclic) bond motifs is 1. The van der Waals surface area contributed by atoms with Crippen molar-refractivity contribution in [2.75, 3.05) is 11.2 Å². The number of aromatic nitrogens is 3. The quantitative estimate of drug-likeness (QED) is 0.381. The van der Waals surface area contributed by atoms with Gasteiger partial charge in [-0.05, 0) is 42.0 Å². The highest BCUT2D eigenvalue weighted by molar-refractivity contribution is 7.90. The SMILES string of the molecule is CS(=O)(=O)c1ccccc1N(Cc1ccc2ccc(Cl)nc2c1)C(=O)CCn1cccn1. The molecular formula is C23H21ClN4O3S. The summed E-state index contributed by atoms with van der Waals surface area (Å²) >= 11 is 6.03. The third-order valence-corrected chi connectivity index (χ3v) is 6.39. The maximum Gasteiger partial charge on any atom is 0.229 e. The van der Waals surface area contributed by atoms with Gasteiger partial charge < -0.3 is 4.90 Å². The first-order valence-electron chi connectivity index (χ1n) is 9.93. The molecule has 0 aliphatic heterocycles. The van der Waals surface area contributed by atoms with E-state index in [0.717, 1.165) is 17.2 Å². The molecule has 1 amide bonds. The van der Waals surface area contributed by atoms with Crippen LogP contribution in [0, 0.1) is 0 Å². The smallest absolute Gasteiger partial charge is 0.229 e. The number of carbonyl (C=O) groups is 1. The van der Waals surface area contributed by atoms with E-state index < -0.39 is 9.84 Å². The van der Waals surface area contributed by atoms with E-state index in [1.807, 2.05) is 24.3 Å². The second-order valence-corrected chi connectivity index (χ2v) is 9.77. The van der Waals surface area contributed by atoms with Gasteiger partial charge in [-0.3, -0.25) is 9.48 Å². The molecule has 0 N–H and O–H groups in total. The number of hydrogen-bond donors (Lipinski definition) is 0. The molecule has 0 aliphatic rings. The molecule has 9 heteroatoms. The Bertz CT molecular complexity index is 1370. The number of benzene rings is 2. The Morgan fingerprint density at radius 1 is 1.09 bits per heavy atom. The number of hydrogen-bond acceptors (Lipinski definition) is 5. The normalized spacial score (nSPS) is 11.6. The number of aryl methyl sites for hydroxylation is 1. The van der Waals surface area contributed by atoms with E-state index in [-0.39, 0.29) is 23.8 Å². The van der Waals surface area contributed by atoms with Gasteiger partial charge in [-0.15, -0.1) is 0 Å². The monoisotopic (exact) mass is 468 g/mol. The predicted molar refractivity (Wildman–Crippen MR) is 124 cm³/mol. The van der Waals surface area contributed by atoms with Crippen molar-refractivity contribution in [1.29, 1.82) is 0 Å². The molecule has 0 spiro atoms. The number of carbonyl (C=O) groups excluding carboxylic acids is 1. The zero-order valence-corrected chi connectivity index (χ0v) is 18.9. The molecule has 0 atom stereocenters. The predicted octanol–water partition coefficient (Wildman–Crippen LogP) is 4.11. The van der Waals surface area contributed by atoms with Crippen LogP contribution in [-0.4, -0.2) is 35.3 Å². The summed E-state index contributed by atoms with van der Waals surface area (Å²) in [6.45, 7) is 0.576. The lowest BCUT2D eigenvalue weighted by Gasteiger charge is -2.25. The average molecular weight is 469 g/mol. The Labute approximate surface area is 191 Å². The summed E-state index contributed by atoms with van der Waals surface area (Å²) in [7, 11) is -3.54. The number of anilines is 1. The van der Waals surface area contributed by atoms with Gasteiger partial charge in [-0.2, -0.15) is 5.10 Å². The number of nitrogens with zero attached hydrogens (tertiary/aromatic N) is 4. The largest absolute Gasteiger partial charge is 0.307 e. The Kier molecular flexibility index (Phi) is 6.25. The third kappa shape index (κ3) is 4.98. The molecule has 4 aromatic rings. The van der Waals surface area contributed by atoms with E-state index in [2.05, 4.69) is 10.1 Å². The van der Waals surface area contributed by atoms with Gasteiger partial charge >= 0.3 is 0 Å². The average Bonchev–Trinajstić information content (AvgIpc) is 3.28. The van der Waals surface area contributed by atoms with Gasteiger partial charge in [0, 0.05) is 37.0 Å². The molecule has 2 aromatic heterocycles. The summed E-state index contributed by atoms with van der Waals surface area (Å²) in [6, 6.07) is 17.6. The van der Waals surface area contributed by atoms with Gasteiger partial charge in [0.15, 0.2) is 9.84 Å².